The zero-order chi connectivity index (χ0) is 13.9. The van der Waals surface area contributed by atoms with E-state index >= 15 is 0 Å². The summed E-state index contributed by atoms with van der Waals surface area (Å²) in [5.41, 5.74) is 0.0496. The maximum atomic E-state index is 11.3. The average Bonchev–Trinajstić information content (AvgIpc) is 2.27. The Labute approximate surface area is 109 Å². The van der Waals surface area contributed by atoms with E-state index in [1.165, 1.54) is 6.07 Å². The van der Waals surface area contributed by atoms with Crippen LogP contribution < -0.4 is 4.74 Å². The molecule has 0 saturated heterocycles. The SMILES string of the molecule is CCOc1cc(S(=O)(=O)Cl)cc([N+](=O)[O-])c1CC. The first-order valence-corrected chi connectivity index (χ1v) is 7.51. The van der Waals surface area contributed by atoms with Crippen LogP contribution in [0.2, 0.25) is 0 Å². The maximum Gasteiger partial charge on any atom is 0.277 e. The molecule has 0 aliphatic carbocycles. The molecule has 100 valence electrons. The summed E-state index contributed by atoms with van der Waals surface area (Å²) in [6, 6.07) is 2.15. The van der Waals surface area contributed by atoms with Crippen molar-refractivity contribution in [3.8, 4) is 5.75 Å². The summed E-state index contributed by atoms with van der Waals surface area (Å²) in [6.45, 7) is 3.70. The first-order valence-electron chi connectivity index (χ1n) is 5.20. The zero-order valence-corrected chi connectivity index (χ0v) is 11.4. The third-order valence-electron chi connectivity index (χ3n) is 2.29. The molecule has 0 unspecified atom stereocenters. The zero-order valence-electron chi connectivity index (χ0n) is 9.84. The molecule has 0 heterocycles. The number of hydrogen-bond acceptors (Lipinski definition) is 5. The molecule has 0 amide bonds. The molecule has 8 heteroatoms. The number of ether oxygens (including phenoxy) is 1. The van der Waals surface area contributed by atoms with Gasteiger partial charge in [-0.25, -0.2) is 8.42 Å². The van der Waals surface area contributed by atoms with Gasteiger partial charge in [-0.1, -0.05) is 6.92 Å². The van der Waals surface area contributed by atoms with E-state index < -0.39 is 14.0 Å². The van der Waals surface area contributed by atoms with Crippen LogP contribution in [0.3, 0.4) is 0 Å². The highest BCUT2D eigenvalue weighted by atomic mass is 35.7. The average molecular weight is 294 g/mol. The van der Waals surface area contributed by atoms with Crippen LogP contribution >= 0.6 is 10.7 Å². The summed E-state index contributed by atoms with van der Waals surface area (Å²) in [4.78, 5) is 9.95. The van der Waals surface area contributed by atoms with Gasteiger partial charge in [-0.15, -0.1) is 0 Å². The predicted molar refractivity (Wildman–Crippen MR) is 66.7 cm³/mol. The highest BCUT2D eigenvalue weighted by molar-refractivity contribution is 8.13. The van der Waals surface area contributed by atoms with Gasteiger partial charge in [0.1, 0.15) is 5.75 Å². The maximum absolute atomic E-state index is 11.3. The van der Waals surface area contributed by atoms with Gasteiger partial charge in [0.2, 0.25) is 0 Å². The number of benzene rings is 1. The van der Waals surface area contributed by atoms with E-state index in [0.717, 1.165) is 6.07 Å². The van der Waals surface area contributed by atoms with Crippen molar-refractivity contribution in [1.29, 1.82) is 0 Å². The summed E-state index contributed by atoms with van der Waals surface area (Å²) in [7, 11) is 1.16. The minimum absolute atomic E-state index is 0.174. The molecule has 0 fully saturated rings. The summed E-state index contributed by atoms with van der Waals surface area (Å²) < 4.78 is 27.7. The number of hydrogen-bond donors (Lipinski definition) is 0. The van der Waals surface area contributed by atoms with Crippen LogP contribution in [0.25, 0.3) is 0 Å². The lowest BCUT2D eigenvalue weighted by atomic mass is 10.1. The van der Waals surface area contributed by atoms with Gasteiger partial charge in [-0.05, 0) is 13.3 Å². The van der Waals surface area contributed by atoms with E-state index in [-0.39, 0.29) is 22.9 Å². The molecule has 1 aromatic carbocycles. The molecule has 0 atom stereocenters. The lowest BCUT2D eigenvalue weighted by Crippen LogP contribution is -2.03. The number of halogens is 1. The van der Waals surface area contributed by atoms with Crippen LogP contribution in [0, 0.1) is 10.1 Å². The molecule has 6 nitrogen and oxygen atoms in total. The molecule has 1 rings (SSSR count). The Balaban J connectivity index is 3.59. The van der Waals surface area contributed by atoms with Gasteiger partial charge >= 0.3 is 0 Å². The number of nitro benzene ring substituents is 1. The van der Waals surface area contributed by atoms with Crippen LogP contribution in [0.1, 0.15) is 19.4 Å². The molecule has 0 N–H and O–H groups in total. The highest BCUT2D eigenvalue weighted by Gasteiger charge is 2.23. The Hall–Kier alpha value is -1.34. The predicted octanol–water partition coefficient (Wildman–Crippen LogP) is 2.48. The molecular weight excluding hydrogens is 282 g/mol. The first-order chi connectivity index (χ1) is 8.31. The quantitative estimate of drug-likeness (QED) is 0.473. The van der Waals surface area contributed by atoms with Crippen molar-refractivity contribution < 1.29 is 18.1 Å². The Kier molecular flexibility index (Phi) is 4.53. The molecule has 0 aliphatic rings. The van der Waals surface area contributed by atoms with Gasteiger partial charge in [0.05, 0.1) is 22.0 Å². The topological polar surface area (TPSA) is 86.5 Å². The molecule has 0 aromatic heterocycles. The van der Waals surface area contributed by atoms with Crippen LogP contribution in [-0.2, 0) is 15.5 Å². The first kappa shape index (κ1) is 14.7. The molecule has 0 spiro atoms. The minimum Gasteiger partial charge on any atom is -0.493 e. The molecule has 18 heavy (non-hydrogen) atoms. The van der Waals surface area contributed by atoms with E-state index in [0.29, 0.717) is 12.0 Å². The van der Waals surface area contributed by atoms with Gasteiger partial charge < -0.3 is 4.74 Å². The Morgan fingerprint density at radius 2 is 2.00 bits per heavy atom. The molecule has 0 aliphatic heterocycles. The van der Waals surface area contributed by atoms with Crippen molar-refractivity contribution in [3.63, 3.8) is 0 Å². The molecule has 1 aromatic rings. The smallest absolute Gasteiger partial charge is 0.277 e. The fourth-order valence-electron chi connectivity index (χ4n) is 1.55. The van der Waals surface area contributed by atoms with Crippen molar-refractivity contribution in [2.75, 3.05) is 6.61 Å². The molecule has 0 bridgehead atoms. The summed E-state index contributed by atoms with van der Waals surface area (Å²) in [5.74, 6) is 0.174. The Bertz CT molecular complexity index is 570. The molecule has 0 saturated carbocycles. The third kappa shape index (κ3) is 3.11. The van der Waals surface area contributed by atoms with Gasteiger partial charge in [0.15, 0.2) is 0 Å². The summed E-state index contributed by atoms with van der Waals surface area (Å²) in [5, 5.41) is 10.9. The highest BCUT2D eigenvalue weighted by Crippen LogP contribution is 2.33. The van der Waals surface area contributed by atoms with Gasteiger partial charge in [0.25, 0.3) is 14.7 Å². The fraction of sp³-hybridized carbons (Fsp3) is 0.400. The second-order valence-electron chi connectivity index (χ2n) is 3.40. The Morgan fingerprint density at radius 3 is 2.39 bits per heavy atom. The van der Waals surface area contributed by atoms with E-state index in [1.807, 2.05) is 0 Å². The van der Waals surface area contributed by atoms with E-state index in [4.69, 9.17) is 15.4 Å². The van der Waals surface area contributed by atoms with Crippen LogP contribution in [-0.4, -0.2) is 19.9 Å². The summed E-state index contributed by atoms with van der Waals surface area (Å²) >= 11 is 0. The molecule has 0 radical (unpaired) electrons. The second-order valence-corrected chi connectivity index (χ2v) is 5.97. The van der Waals surface area contributed by atoms with Crippen molar-refractivity contribution in [3.05, 3.63) is 27.8 Å². The third-order valence-corrected chi connectivity index (χ3v) is 3.62. The van der Waals surface area contributed by atoms with Crippen LogP contribution in [0.5, 0.6) is 5.75 Å². The lowest BCUT2D eigenvalue weighted by molar-refractivity contribution is -0.385. The second kappa shape index (κ2) is 5.53. The Morgan fingerprint density at radius 1 is 1.39 bits per heavy atom. The number of nitro groups is 1. The number of nitrogens with zero attached hydrogens (tertiary/aromatic N) is 1. The number of rotatable bonds is 5. The normalized spacial score (nSPS) is 11.3. The monoisotopic (exact) mass is 293 g/mol. The van der Waals surface area contributed by atoms with Crippen molar-refractivity contribution >= 4 is 25.4 Å². The minimum atomic E-state index is -4.04. The van der Waals surface area contributed by atoms with Crippen LogP contribution in [0.15, 0.2) is 17.0 Å². The molecular formula is C10H12ClNO5S. The van der Waals surface area contributed by atoms with Gasteiger partial charge in [-0.3, -0.25) is 10.1 Å². The van der Waals surface area contributed by atoms with Gasteiger partial charge in [0, 0.05) is 22.8 Å². The largest absolute Gasteiger partial charge is 0.493 e. The lowest BCUT2D eigenvalue weighted by Gasteiger charge is -2.10. The standard InChI is InChI=1S/C10H12ClNO5S/c1-3-8-9(12(13)14)5-7(18(11,15)16)6-10(8)17-4-2/h5-6H,3-4H2,1-2H3. The summed E-state index contributed by atoms with van der Waals surface area (Å²) in [6.07, 6.45) is 0.355. The van der Waals surface area contributed by atoms with Gasteiger partial charge in [-0.2, -0.15) is 0 Å². The van der Waals surface area contributed by atoms with Crippen molar-refractivity contribution in [2.24, 2.45) is 0 Å². The fourth-order valence-corrected chi connectivity index (χ4v) is 2.32. The van der Waals surface area contributed by atoms with E-state index in [9.17, 15) is 18.5 Å². The van der Waals surface area contributed by atoms with Crippen molar-refractivity contribution in [2.45, 2.75) is 25.2 Å². The van der Waals surface area contributed by atoms with Crippen molar-refractivity contribution in [1.82, 2.24) is 0 Å². The van der Waals surface area contributed by atoms with E-state index in [1.54, 1.807) is 13.8 Å². The van der Waals surface area contributed by atoms with Crippen LogP contribution in [0.4, 0.5) is 5.69 Å². The van der Waals surface area contributed by atoms with E-state index in [2.05, 4.69) is 0 Å².